The first-order valence-corrected chi connectivity index (χ1v) is 7.86. The van der Waals surface area contributed by atoms with Gasteiger partial charge in [0.2, 0.25) is 0 Å². The number of rotatable bonds is 4. The molecule has 1 aliphatic rings. The first-order chi connectivity index (χ1) is 9.60. The number of hydrogen-bond acceptors (Lipinski definition) is 3. The molecule has 20 heavy (non-hydrogen) atoms. The van der Waals surface area contributed by atoms with Gasteiger partial charge in [-0.2, -0.15) is 11.8 Å². The van der Waals surface area contributed by atoms with Crippen molar-refractivity contribution in [3.05, 3.63) is 29.8 Å². The lowest BCUT2D eigenvalue weighted by Gasteiger charge is -2.16. The molecule has 1 aromatic carbocycles. The number of nitrogens with zero attached hydrogens (tertiary/aromatic N) is 1. The summed E-state index contributed by atoms with van der Waals surface area (Å²) in [5.41, 5.74) is 1.95. The summed E-state index contributed by atoms with van der Waals surface area (Å²) in [5.74, 6) is -0.327. The van der Waals surface area contributed by atoms with Gasteiger partial charge in [0.25, 0.3) is 0 Å². The molecule has 6 heteroatoms. The second kappa shape index (κ2) is 6.65. The molecular weight excluding hydrogens is 276 g/mol. The van der Waals surface area contributed by atoms with Crippen LogP contribution < -0.4 is 5.32 Å². The second-order valence-electron chi connectivity index (χ2n) is 4.83. The third kappa shape index (κ3) is 3.66. The van der Waals surface area contributed by atoms with E-state index in [2.05, 4.69) is 5.32 Å². The van der Waals surface area contributed by atoms with E-state index in [0.29, 0.717) is 13.0 Å². The van der Waals surface area contributed by atoms with Gasteiger partial charge in [-0.1, -0.05) is 12.1 Å². The van der Waals surface area contributed by atoms with E-state index in [9.17, 15) is 9.59 Å². The van der Waals surface area contributed by atoms with Crippen LogP contribution in [0.25, 0.3) is 0 Å². The van der Waals surface area contributed by atoms with Gasteiger partial charge in [0.05, 0.1) is 5.92 Å². The zero-order valence-corrected chi connectivity index (χ0v) is 12.2. The second-order valence-corrected chi connectivity index (χ2v) is 5.70. The van der Waals surface area contributed by atoms with Crippen LogP contribution >= 0.6 is 11.8 Å². The Hall–Kier alpha value is -1.69. The molecule has 0 radical (unpaired) electrons. The van der Waals surface area contributed by atoms with Gasteiger partial charge in [0, 0.05) is 24.5 Å². The number of carbonyl (C=O) groups excluding carboxylic acids is 1. The van der Waals surface area contributed by atoms with E-state index >= 15 is 0 Å². The topological polar surface area (TPSA) is 69.6 Å². The highest BCUT2D eigenvalue weighted by Crippen LogP contribution is 2.18. The maximum Gasteiger partial charge on any atom is 0.321 e. The molecule has 0 saturated carbocycles. The van der Waals surface area contributed by atoms with Crippen LogP contribution in [0.1, 0.15) is 12.0 Å². The minimum atomic E-state index is -0.832. The molecule has 1 unspecified atom stereocenters. The lowest BCUT2D eigenvalue weighted by atomic mass is 10.1. The normalized spacial score (nSPS) is 18.1. The third-order valence-corrected chi connectivity index (χ3v) is 3.96. The van der Waals surface area contributed by atoms with Crippen LogP contribution in [0.2, 0.25) is 0 Å². The number of thioether (sulfide) groups is 1. The molecule has 1 aliphatic heterocycles. The van der Waals surface area contributed by atoms with Crippen LogP contribution in [0.4, 0.5) is 10.5 Å². The molecule has 1 saturated heterocycles. The fraction of sp³-hybridized carbons (Fsp3) is 0.429. The molecule has 5 nitrogen and oxygen atoms in total. The summed E-state index contributed by atoms with van der Waals surface area (Å²) in [6.45, 7) is 0.777. The van der Waals surface area contributed by atoms with E-state index in [4.69, 9.17) is 5.11 Å². The summed E-state index contributed by atoms with van der Waals surface area (Å²) < 4.78 is 0. The average Bonchev–Trinajstić information content (AvgIpc) is 2.91. The Morgan fingerprint density at radius 3 is 2.65 bits per heavy atom. The van der Waals surface area contributed by atoms with Gasteiger partial charge in [0.15, 0.2) is 0 Å². The largest absolute Gasteiger partial charge is 0.481 e. The maximum atomic E-state index is 12.0. The summed E-state index contributed by atoms with van der Waals surface area (Å²) in [6, 6.07) is 7.47. The lowest BCUT2D eigenvalue weighted by Crippen LogP contribution is -2.33. The Labute approximate surface area is 122 Å². The molecule has 0 bridgehead atoms. The van der Waals surface area contributed by atoms with Crippen molar-refractivity contribution in [1.82, 2.24) is 4.90 Å². The van der Waals surface area contributed by atoms with Gasteiger partial charge in [-0.25, -0.2) is 4.79 Å². The number of benzene rings is 1. The summed E-state index contributed by atoms with van der Waals surface area (Å²) in [4.78, 5) is 24.4. The molecular formula is C14H18N2O3S. The number of hydrogen-bond donors (Lipinski definition) is 2. The highest BCUT2D eigenvalue weighted by atomic mass is 32.2. The molecule has 2 amide bonds. The number of urea groups is 1. The summed E-state index contributed by atoms with van der Waals surface area (Å²) in [7, 11) is 0. The van der Waals surface area contributed by atoms with Crippen molar-refractivity contribution in [3.8, 4) is 0 Å². The standard InChI is InChI=1S/C14H18N2O3S/c1-20-9-10-2-4-12(5-3-10)15-14(19)16-7-6-11(8-16)13(17)18/h2-5,11H,6-9H2,1H3,(H,15,19)(H,17,18). The van der Waals surface area contributed by atoms with Crippen LogP contribution in [0, 0.1) is 5.92 Å². The Kier molecular flexibility index (Phi) is 4.89. The van der Waals surface area contributed by atoms with Gasteiger partial charge >= 0.3 is 12.0 Å². The van der Waals surface area contributed by atoms with Crippen LogP contribution in [-0.2, 0) is 10.5 Å². The lowest BCUT2D eigenvalue weighted by molar-refractivity contribution is -0.141. The molecule has 1 fully saturated rings. The van der Waals surface area contributed by atoms with E-state index in [-0.39, 0.29) is 12.6 Å². The highest BCUT2D eigenvalue weighted by Gasteiger charge is 2.30. The number of aliphatic carboxylic acids is 1. The Bertz CT molecular complexity index is 490. The first-order valence-electron chi connectivity index (χ1n) is 6.46. The van der Waals surface area contributed by atoms with Crippen molar-refractivity contribution in [1.29, 1.82) is 0 Å². The van der Waals surface area contributed by atoms with Crippen molar-refractivity contribution < 1.29 is 14.7 Å². The van der Waals surface area contributed by atoms with Gasteiger partial charge < -0.3 is 15.3 Å². The zero-order chi connectivity index (χ0) is 14.5. The quantitative estimate of drug-likeness (QED) is 0.895. The van der Waals surface area contributed by atoms with E-state index in [0.717, 1.165) is 11.4 Å². The number of anilines is 1. The molecule has 0 aromatic heterocycles. The fourth-order valence-corrected chi connectivity index (χ4v) is 2.73. The number of likely N-dealkylation sites (tertiary alicyclic amines) is 1. The highest BCUT2D eigenvalue weighted by molar-refractivity contribution is 7.97. The maximum absolute atomic E-state index is 12.0. The van der Waals surface area contributed by atoms with Gasteiger partial charge in [0.1, 0.15) is 0 Å². The number of carboxylic acid groups (broad SMARTS) is 1. The summed E-state index contributed by atoms with van der Waals surface area (Å²) >= 11 is 1.75. The number of amides is 2. The molecule has 1 heterocycles. The smallest absolute Gasteiger partial charge is 0.321 e. The Morgan fingerprint density at radius 1 is 1.40 bits per heavy atom. The molecule has 0 aliphatic carbocycles. The fourth-order valence-electron chi connectivity index (χ4n) is 2.20. The molecule has 2 rings (SSSR count). The van der Waals surface area contributed by atoms with E-state index < -0.39 is 11.9 Å². The Balaban J connectivity index is 1.90. The Morgan fingerprint density at radius 2 is 2.10 bits per heavy atom. The van der Waals surface area contributed by atoms with Gasteiger partial charge in [-0.05, 0) is 30.4 Å². The minimum Gasteiger partial charge on any atom is -0.481 e. The molecule has 108 valence electrons. The van der Waals surface area contributed by atoms with Crippen LogP contribution in [-0.4, -0.2) is 41.4 Å². The molecule has 1 aromatic rings. The van der Waals surface area contributed by atoms with Crippen molar-refractivity contribution in [2.24, 2.45) is 5.92 Å². The number of nitrogens with one attached hydrogen (secondary N) is 1. The minimum absolute atomic E-state index is 0.230. The summed E-state index contributed by atoms with van der Waals surface area (Å²) in [6.07, 6.45) is 2.57. The van der Waals surface area contributed by atoms with Crippen molar-refractivity contribution in [3.63, 3.8) is 0 Å². The van der Waals surface area contributed by atoms with E-state index in [1.54, 1.807) is 16.7 Å². The summed E-state index contributed by atoms with van der Waals surface area (Å²) in [5, 5.41) is 11.7. The van der Waals surface area contributed by atoms with Crippen LogP contribution in [0.5, 0.6) is 0 Å². The predicted octanol–water partition coefficient (Wildman–Crippen LogP) is 2.49. The molecule has 0 spiro atoms. The van der Waals surface area contributed by atoms with Crippen molar-refractivity contribution >= 4 is 29.4 Å². The number of carbonyl (C=O) groups is 2. The first kappa shape index (κ1) is 14.7. The number of carboxylic acids is 1. The van der Waals surface area contributed by atoms with E-state index in [1.807, 2.05) is 30.5 Å². The van der Waals surface area contributed by atoms with Crippen molar-refractivity contribution in [2.75, 3.05) is 24.7 Å². The van der Waals surface area contributed by atoms with Crippen LogP contribution in [0.15, 0.2) is 24.3 Å². The van der Waals surface area contributed by atoms with Gasteiger partial charge in [-0.3, -0.25) is 4.79 Å². The third-order valence-electron chi connectivity index (χ3n) is 3.34. The average molecular weight is 294 g/mol. The van der Waals surface area contributed by atoms with Crippen molar-refractivity contribution in [2.45, 2.75) is 12.2 Å². The monoisotopic (exact) mass is 294 g/mol. The molecule has 2 N–H and O–H groups in total. The van der Waals surface area contributed by atoms with Gasteiger partial charge in [-0.15, -0.1) is 0 Å². The van der Waals surface area contributed by atoms with Crippen LogP contribution in [0.3, 0.4) is 0 Å². The predicted molar refractivity (Wildman–Crippen MR) is 80.0 cm³/mol. The van der Waals surface area contributed by atoms with E-state index in [1.165, 1.54) is 5.56 Å². The SMILES string of the molecule is CSCc1ccc(NC(=O)N2CCC(C(=O)O)C2)cc1. The zero-order valence-electron chi connectivity index (χ0n) is 11.3. The molecule has 1 atom stereocenters.